The number of nitrogens with zero attached hydrogens (tertiary/aromatic N) is 3. The van der Waals surface area contributed by atoms with Crippen molar-refractivity contribution >= 4 is 39.7 Å². The van der Waals surface area contributed by atoms with E-state index in [1.807, 2.05) is 69.3 Å². The van der Waals surface area contributed by atoms with E-state index in [-0.39, 0.29) is 17.7 Å². The summed E-state index contributed by atoms with van der Waals surface area (Å²) in [4.78, 5) is 53.6. The van der Waals surface area contributed by atoms with Crippen molar-refractivity contribution in [1.29, 1.82) is 0 Å². The molecule has 2 aromatic carbocycles. The van der Waals surface area contributed by atoms with Gasteiger partial charge in [0.25, 0.3) is 11.8 Å². The third kappa shape index (κ3) is 4.56. The molecule has 1 fully saturated rings. The Morgan fingerprint density at radius 2 is 1.53 bits per heavy atom. The number of aromatic nitrogens is 3. The fourth-order valence-electron chi connectivity index (χ4n) is 4.57. The number of hydrogen-bond donors (Lipinski definition) is 3. The standard InChI is InChI=1S/C27H30N6O3/c1-27(2,3)22(31-24(34)21-16-17-8-4-5-9-18(17)28-21)25(35)32-12-14-33(15-13-32)26(36)23-29-19-10-6-7-11-20(19)30-23/h4-11,16,22,28H,12-15H2,1-3H3,(H,29,30)(H,31,34). The molecule has 4 aromatic rings. The lowest BCUT2D eigenvalue weighted by molar-refractivity contribution is -0.137. The van der Waals surface area contributed by atoms with Crippen molar-refractivity contribution in [3.05, 3.63) is 66.1 Å². The third-order valence-electron chi connectivity index (χ3n) is 6.63. The number of piperazine rings is 1. The molecule has 9 heteroatoms. The molecule has 36 heavy (non-hydrogen) atoms. The number of H-pyrrole nitrogens is 2. The van der Waals surface area contributed by atoms with Gasteiger partial charge in [0.05, 0.1) is 11.0 Å². The van der Waals surface area contributed by atoms with Crippen molar-refractivity contribution in [2.24, 2.45) is 5.41 Å². The fraction of sp³-hybridized carbons (Fsp3) is 0.333. The quantitative estimate of drug-likeness (QED) is 0.411. The molecule has 0 radical (unpaired) electrons. The maximum atomic E-state index is 13.5. The molecule has 0 bridgehead atoms. The van der Waals surface area contributed by atoms with Crippen molar-refractivity contribution < 1.29 is 14.4 Å². The number of benzene rings is 2. The van der Waals surface area contributed by atoms with Gasteiger partial charge in [0, 0.05) is 37.1 Å². The Hall–Kier alpha value is -4.14. The first kappa shape index (κ1) is 23.6. The molecule has 186 valence electrons. The summed E-state index contributed by atoms with van der Waals surface area (Å²) in [6.07, 6.45) is 0. The van der Waals surface area contributed by atoms with Gasteiger partial charge in [0.1, 0.15) is 11.7 Å². The van der Waals surface area contributed by atoms with Gasteiger partial charge in [0.2, 0.25) is 5.91 Å². The van der Waals surface area contributed by atoms with Crippen LogP contribution in [-0.4, -0.2) is 74.7 Å². The van der Waals surface area contributed by atoms with Crippen LogP contribution >= 0.6 is 0 Å². The number of aromatic amines is 2. The van der Waals surface area contributed by atoms with Gasteiger partial charge in [-0.15, -0.1) is 0 Å². The molecular weight excluding hydrogens is 456 g/mol. The molecule has 1 saturated heterocycles. The van der Waals surface area contributed by atoms with Crippen molar-refractivity contribution in [2.45, 2.75) is 26.8 Å². The van der Waals surface area contributed by atoms with Gasteiger partial charge in [-0.05, 0) is 29.7 Å². The average Bonchev–Trinajstić information content (AvgIpc) is 3.50. The van der Waals surface area contributed by atoms with Crippen LogP contribution < -0.4 is 5.32 Å². The van der Waals surface area contributed by atoms with Gasteiger partial charge in [-0.3, -0.25) is 14.4 Å². The van der Waals surface area contributed by atoms with Crippen LogP contribution in [0, 0.1) is 5.41 Å². The summed E-state index contributed by atoms with van der Waals surface area (Å²) < 4.78 is 0. The predicted octanol–water partition coefficient (Wildman–Crippen LogP) is 3.17. The molecular formula is C27H30N6O3. The second kappa shape index (κ2) is 9.14. The van der Waals surface area contributed by atoms with Crippen molar-refractivity contribution in [3.63, 3.8) is 0 Å². The Balaban J connectivity index is 1.25. The Labute approximate surface area is 208 Å². The second-order valence-electron chi connectivity index (χ2n) is 10.3. The molecule has 1 aliphatic rings. The van der Waals surface area contributed by atoms with Crippen LogP contribution in [-0.2, 0) is 4.79 Å². The fourth-order valence-corrected chi connectivity index (χ4v) is 4.57. The Morgan fingerprint density at radius 1 is 0.889 bits per heavy atom. The topological polar surface area (TPSA) is 114 Å². The number of para-hydroxylation sites is 3. The summed E-state index contributed by atoms with van der Waals surface area (Å²) >= 11 is 0. The van der Waals surface area contributed by atoms with Gasteiger partial charge < -0.3 is 25.1 Å². The number of carbonyl (C=O) groups excluding carboxylic acids is 3. The highest BCUT2D eigenvalue weighted by molar-refractivity contribution is 6.00. The normalized spacial score (nSPS) is 15.3. The highest BCUT2D eigenvalue weighted by Gasteiger charge is 2.37. The monoisotopic (exact) mass is 486 g/mol. The van der Waals surface area contributed by atoms with Crippen LogP contribution in [0.3, 0.4) is 0 Å². The van der Waals surface area contributed by atoms with E-state index in [0.717, 1.165) is 21.9 Å². The number of amides is 3. The molecule has 2 aromatic heterocycles. The molecule has 3 heterocycles. The second-order valence-corrected chi connectivity index (χ2v) is 10.3. The lowest BCUT2D eigenvalue weighted by Crippen LogP contribution is -2.59. The number of hydrogen-bond acceptors (Lipinski definition) is 4. The van der Waals surface area contributed by atoms with Gasteiger partial charge in [-0.1, -0.05) is 51.1 Å². The zero-order valence-corrected chi connectivity index (χ0v) is 20.7. The summed E-state index contributed by atoms with van der Waals surface area (Å²) in [5.74, 6) is -0.354. The Bertz CT molecular complexity index is 1370. The van der Waals surface area contributed by atoms with E-state index in [1.165, 1.54) is 0 Å². The van der Waals surface area contributed by atoms with Crippen LogP contribution in [0.2, 0.25) is 0 Å². The minimum Gasteiger partial charge on any atom is -0.351 e. The van der Waals surface area contributed by atoms with E-state index in [1.54, 1.807) is 15.9 Å². The van der Waals surface area contributed by atoms with Crippen LogP contribution in [0.5, 0.6) is 0 Å². The molecule has 5 rings (SSSR count). The minimum atomic E-state index is -0.714. The van der Waals surface area contributed by atoms with Crippen LogP contribution in [0.25, 0.3) is 21.9 Å². The molecule has 1 atom stereocenters. The molecule has 0 saturated carbocycles. The van der Waals surface area contributed by atoms with Crippen LogP contribution in [0.4, 0.5) is 0 Å². The highest BCUT2D eigenvalue weighted by Crippen LogP contribution is 2.23. The van der Waals surface area contributed by atoms with Crippen LogP contribution in [0.1, 0.15) is 41.9 Å². The summed E-state index contributed by atoms with van der Waals surface area (Å²) in [6.45, 7) is 7.37. The number of imidazole rings is 1. The zero-order chi connectivity index (χ0) is 25.4. The number of rotatable bonds is 4. The van der Waals surface area contributed by atoms with E-state index in [0.29, 0.717) is 37.7 Å². The van der Waals surface area contributed by atoms with E-state index in [4.69, 9.17) is 0 Å². The Morgan fingerprint density at radius 3 is 2.19 bits per heavy atom. The smallest absolute Gasteiger partial charge is 0.289 e. The molecule has 0 spiro atoms. The maximum Gasteiger partial charge on any atom is 0.289 e. The first-order valence-corrected chi connectivity index (χ1v) is 12.1. The zero-order valence-electron chi connectivity index (χ0n) is 20.7. The van der Waals surface area contributed by atoms with Crippen molar-refractivity contribution in [3.8, 4) is 0 Å². The number of nitrogens with one attached hydrogen (secondary N) is 3. The number of fused-ring (bicyclic) bond motifs is 2. The first-order valence-electron chi connectivity index (χ1n) is 12.1. The van der Waals surface area contributed by atoms with Gasteiger partial charge in [-0.2, -0.15) is 0 Å². The van der Waals surface area contributed by atoms with Gasteiger partial charge >= 0.3 is 0 Å². The highest BCUT2D eigenvalue weighted by atomic mass is 16.2. The lowest BCUT2D eigenvalue weighted by atomic mass is 9.85. The average molecular weight is 487 g/mol. The summed E-state index contributed by atoms with van der Waals surface area (Å²) in [5, 5.41) is 3.89. The van der Waals surface area contributed by atoms with E-state index < -0.39 is 11.5 Å². The minimum absolute atomic E-state index is 0.150. The molecule has 0 aliphatic carbocycles. The van der Waals surface area contributed by atoms with E-state index in [2.05, 4.69) is 20.3 Å². The Kier molecular flexibility index (Phi) is 5.99. The van der Waals surface area contributed by atoms with Crippen molar-refractivity contribution in [1.82, 2.24) is 30.1 Å². The molecule has 9 nitrogen and oxygen atoms in total. The predicted molar refractivity (Wildman–Crippen MR) is 138 cm³/mol. The van der Waals surface area contributed by atoms with Gasteiger partial charge in [-0.25, -0.2) is 4.98 Å². The largest absolute Gasteiger partial charge is 0.351 e. The maximum absolute atomic E-state index is 13.5. The van der Waals surface area contributed by atoms with Crippen molar-refractivity contribution in [2.75, 3.05) is 26.2 Å². The summed E-state index contributed by atoms with van der Waals surface area (Å²) in [5.41, 5.74) is 2.34. The van der Waals surface area contributed by atoms with Crippen LogP contribution in [0.15, 0.2) is 54.6 Å². The molecule has 1 unspecified atom stereocenters. The SMILES string of the molecule is CC(C)(C)C(NC(=O)c1cc2ccccc2[nH]1)C(=O)N1CCN(C(=O)c2nc3ccccc3[nH]2)CC1. The molecule has 1 aliphatic heterocycles. The summed E-state index contributed by atoms with van der Waals surface area (Å²) in [7, 11) is 0. The first-order chi connectivity index (χ1) is 17.2. The summed E-state index contributed by atoms with van der Waals surface area (Å²) in [6, 6.07) is 16.2. The molecule has 3 amide bonds. The van der Waals surface area contributed by atoms with Gasteiger partial charge in [0.15, 0.2) is 5.82 Å². The van der Waals surface area contributed by atoms with E-state index >= 15 is 0 Å². The molecule has 3 N–H and O–H groups in total. The van der Waals surface area contributed by atoms with E-state index in [9.17, 15) is 14.4 Å². The number of carbonyl (C=O) groups is 3. The third-order valence-corrected chi connectivity index (χ3v) is 6.63. The lowest BCUT2D eigenvalue weighted by Gasteiger charge is -2.39.